The van der Waals surface area contributed by atoms with E-state index in [1.807, 2.05) is 13.0 Å². The van der Waals surface area contributed by atoms with Crippen LogP contribution in [0.5, 0.6) is 0 Å². The number of imide groups is 1. The number of rotatable bonds is 4. The van der Waals surface area contributed by atoms with Crippen LogP contribution in [0.25, 0.3) is 6.08 Å². The van der Waals surface area contributed by atoms with Crippen LogP contribution in [0.1, 0.15) is 30.0 Å². The highest BCUT2D eigenvalue weighted by Gasteiger charge is 2.34. The second-order valence-electron chi connectivity index (χ2n) is 5.46. The Morgan fingerprint density at radius 1 is 1.48 bits per heavy atom. The third-order valence-electron chi connectivity index (χ3n) is 3.71. The average molecular weight is 339 g/mol. The Balaban J connectivity index is 1.82. The fourth-order valence-corrected chi connectivity index (χ4v) is 2.50. The van der Waals surface area contributed by atoms with Gasteiger partial charge in [0, 0.05) is 17.4 Å². The number of hydrogen-bond donors (Lipinski definition) is 3. The molecule has 8 nitrogen and oxygen atoms in total. The standard InChI is InChI=1S/C17H17N5O3/c1-3-10(7-19-9(2)18)12-4-5-13-11(8-20-12)6-14(25-13)15-16(23)22-17(24)21-15/h3-7,15H,2,8,18H2,1H3,(H2,21,22,23,24)/b10-3+,19-7-. The van der Waals surface area contributed by atoms with Crippen molar-refractivity contribution in [2.45, 2.75) is 19.5 Å². The topological polar surface area (TPSA) is 122 Å². The van der Waals surface area contributed by atoms with Crippen LogP contribution in [-0.4, -0.2) is 23.9 Å². The van der Waals surface area contributed by atoms with Crippen LogP contribution in [0.3, 0.4) is 0 Å². The summed E-state index contributed by atoms with van der Waals surface area (Å²) in [6.07, 6.45) is 7.04. The maximum Gasteiger partial charge on any atom is 0.322 e. The van der Waals surface area contributed by atoms with Crippen LogP contribution >= 0.6 is 0 Å². The van der Waals surface area contributed by atoms with Crippen molar-refractivity contribution in [3.8, 4) is 0 Å². The molecule has 3 rings (SSSR count). The molecule has 1 aromatic heterocycles. The summed E-state index contributed by atoms with van der Waals surface area (Å²) in [7, 11) is 0. The molecule has 25 heavy (non-hydrogen) atoms. The third-order valence-corrected chi connectivity index (χ3v) is 3.71. The van der Waals surface area contributed by atoms with Gasteiger partial charge in [0.2, 0.25) is 0 Å². The van der Waals surface area contributed by atoms with E-state index in [0.717, 1.165) is 16.8 Å². The maximum absolute atomic E-state index is 11.7. The Morgan fingerprint density at radius 2 is 2.28 bits per heavy atom. The Bertz CT molecular complexity index is 873. The molecule has 1 unspecified atom stereocenters. The average Bonchev–Trinajstić information content (AvgIpc) is 3.06. The first-order valence-electron chi connectivity index (χ1n) is 7.59. The lowest BCUT2D eigenvalue weighted by Crippen LogP contribution is -2.22. The number of carbonyl (C=O) groups is 2. The van der Waals surface area contributed by atoms with Gasteiger partial charge in [0.05, 0.1) is 12.3 Å². The highest BCUT2D eigenvalue weighted by Crippen LogP contribution is 2.26. The van der Waals surface area contributed by atoms with Crippen LogP contribution < -0.4 is 16.4 Å². The zero-order chi connectivity index (χ0) is 18.0. The first-order valence-corrected chi connectivity index (χ1v) is 7.59. The summed E-state index contributed by atoms with van der Waals surface area (Å²) in [5.41, 5.74) is 7.81. The molecular weight excluding hydrogens is 322 g/mol. The number of nitrogens with two attached hydrogens (primary N) is 1. The van der Waals surface area contributed by atoms with Crippen molar-refractivity contribution in [2.75, 3.05) is 0 Å². The fraction of sp³-hybridized carbons (Fsp3) is 0.176. The van der Waals surface area contributed by atoms with Crippen LogP contribution in [0, 0.1) is 0 Å². The molecule has 0 radical (unpaired) electrons. The maximum atomic E-state index is 11.7. The van der Waals surface area contributed by atoms with Crippen LogP contribution in [0.4, 0.5) is 4.79 Å². The predicted molar refractivity (Wildman–Crippen MR) is 93.9 cm³/mol. The van der Waals surface area contributed by atoms with Gasteiger partial charge in [-0.3, -0.25) is 15.1 Å². The molecule has 2 aliphatic heterocycles. The number of aliphatic imine (C=N–C) groups is 2. The molecule has 0 bridgehead atoms. The van der Waals surface area contributed by atoms with Gasteiger partial charge in [0.1, 0.15) is 17.3 Å². The van der Waals surface area contributed by atoms with Gasteiger partial charge in [-0.2, -0.15) is 0 Å². The predicted octanol–water partition coefficient (Wildman–Crippen LogP) is 1.57. The summed E-state index contributed by atoms with van der Waals surface area (Å²) < 4.78 is 5.73. The highest BCUT2D eigenvalue weighted by molar-refractivity contribution is 6.22. The molecule has 1 fully saturated rings. The van der Waals surface area contributed by atoms with Crippen LogP contribution in [0.2, 0.25) is 0 Å². The number of hydrogen-bond acceptors (Lipinski definition) is 6. The van der Waals surface area contributed by atoms with E-state index in [4.69, 9.17) is 10.2 Å². The molecule has 0 aromatic carbocycles. The summed E-state index contributed by atoms with van der Waals surface area (Å²) in [6.45, 7) is 5.77. The van der Waals surface area contributed by atoms with Crippen LogP contribution in [0.15, 0.2) is 50.6 Å². The van der Waals surface area contributed by atoms with E-state index in [1.54, 1.807) is 24.4 Å². The molecule has 8 heteroatoms. The van der Waals surface area contributed by atoms with E-state index in [1.165, 1.54) is 0 Å². The van der Waals surface area contributed by atoms with Gasteiger partial charge >= 0.3 is 6.03 Å². The Kier molecular flexibility index (Phi) is 4.34. The quantitative estimate of drug-likeness (QED) is 0.569. The van der Waals surface area contributed by atoms with Crippen molar-refractivity contribution in [2.24, 2.45) is 15.7 Å². The van der Waals surface area contributed by atoms with Gasteiger partial charge in [0.15, 0.2) is 6.04 Å². The number of nitrogens with zero attached hydrogens (tertiary/aromatic N) is 2. The highest BCUT2D eigenvalue weighted by atomic mass is 16.3. The zero-order valence-corrected chi connectivity index (χ0v) is 13.6. The van der Waals surface area contributed by atoms with Gasteiger partial charge in [-0.1, -0.05) is 12.7 Å². The molecule has 1 aromatic rings. The summed E-state index contributed by atoms with van der Waals surface area (Å²) in [6, 6.07) is 0.383. The van der Waals surface area contributed by atoms with E-state index >= 15 is 0 Å². The summed E-state index contributed by atoms with van der Waals surface area (Å²) in [4.78, 5) is 31.5. The van der Waals surface area contributed by atoms with Gasteiger partial charge in [0.25, 0.3) is 5.91 Å². The number of amides is 3. The minimum atomic E-state index is -0.815. The zero-order valence-electron chi connectivity index (χ0n) is 13.6. The molecular formula is C17H17N5O3. The fourth-order valence-electron chi connectivity index (χ4n) is 2.50. The molecule has 0 saturated carbocycles. The number of nitrogens with one attached hydrogen (secondary N) is 2. The van der Waals surface area contributed by atoms with E-state index in [-0.39, 0.29) is 5.82 Å². The number of fused-ring (bicyclic) bond motifs is 1. The largest absolute Gasteiger partial charge is 0.459 e. The molecule has 3 amide bonds. The van der Waals surface area contributed by atoms with Crippen molar-refractivity contribution in [1.82, 2.24) is 10.6 Å². The minimum absolute atomic E-state index is 0.214. The SMILES string of the molecule is C=C(N)/N=C\C(=C/C)C1=NCc2cc(C3NC(=O)NC3=O)oc2C=C1. The van der Waals surface area contributed by atoms with Crippen molar-refractivity contribution < 1.29 is 14.0 Å². The molecule has 3 heterocycles. The smallest absolute Gasteiger partial charge is 0.322 e. The summed E-state index contributed by atoms with van der Waals surface area (Å²) in [5.74, 6) is 0.754. The van der Waals surface area contributed by atoms with Gasteiger partial charge < -0.3 is 15.5 Å². The molecule has 0 spiro atoms. The number of furan rings is 1. The van der Waals surface area contributed by atoms with Gasteiger partial charge in [-0.15, -0.1) is 0 Å². The minimum Gasteiger partial charge on any atom is -0.459 e. The van der Waals surface area contributed by atoms with E-state index in [2.05, 4.69) is 27.2 Å². The lowest BCUT2D eigenvalue weighted by molar-refractivity contribution is -0.120. The first-order chi connectivity index (χ1) is 12.0. The van der Waals surface area contributed by atoms with Gasteiger partial charge in [-0.05, 0) is 25.1 Å². The monoisotopic (exact) mass is 339 g/mol. The lowest BCUT2D eigenvalue weighted by atomic mass is 10.1. The van der Waals surface area contributed by atoms with E-state index < -0.39 is 18.0 Å². The van der Waals surface area contributed by atoms with E-state index in [9.17, 15) is 9.59 Å². The Labute approximate surface area is 143 Å². The number of urea groups is 1. The molecule has 4 N–H and O–H groups in total. The van der Waals surface area contributed by atoms with Crippen LogP contribution in [-0.2, 0) is 11.3 Å². The Morgan fingerprint density at radius 3 is 2.92 bits per heavy atom. The summed E-state index contributed by atoms with van der Waals surface area (Å²) in [5, 5.41) is 4.69. The molecule has 1 saturated heterocycles. The lowest BCUT2D eigenvalue weighted by Gasteiger charge is -2.02. The van der Waals surface area contributed by atoms with Crippen molar-refractivity contribution in [3.05, 3.63) is 53.3 Å². The number of allylic oxidation sites excluding steroid dienone is 3. The van der Waals surface area contributed by atoms with E-state index in [0.29, 0.717) is 18.1 Å². The third kappa shape index (κ3) is 3.42. The van der Waals surface area contributed by atoms with Gasteiger partial charge in [-0.25, -0.2) is 9.79 Å². The van der Waals surface area contributed by atoms with Crippen molar-refractivity contribution in [3.63, 3.8) is 0 Å². The van der Waals surface area contributed by atoms with Crippen molar-refractivity contribution >= 4 is 29.9 Å². The number of carbonyl (C=O) groups excluding carboxylic acids is 2. The molecule has 2 aliphatic rings. The second kappa shape index (κ2) is 6.60. The summed E-state index contributed by atoms with van der Waals surface area (Å²) >= 11 is 0. The first kappa shape index (κ1) is 16.4. The normalized spacial score (nSPS) is 20.1. The molecule has 1 atom stereocenters. The molecule has 0 aliphatic carbocycles. The van der Waals surface area contributed by atoms with Crippen molar-refractivity contribution in [1.29, 1.82) is 0 Å². The Hall–Kier alpha value is -3.42. The second-order valence-corrected chi connectivity index (χ2v) is 5.46. The molecule has 128 valence electrons.